The number of alkyl halides is 1. The van der Waals surface area contributed by atoms with Gasteiger partial charge in [0.2, 0.25) is 0 Å². The molecule has 3 aliphatic heterocycles. The summed E-state index contributed by atoms with van der Waals surface area (Å²) in [7, 11) is 0. The first-order valence-electron chi connectivity index (χ1n) is 3.88. The molecule has 3 rings (SSSR count). The van der Waals surface area contributed by atoms with Gasteiger partial charge in [-0.15, -0.1) is 0 Å². The molecule has 0 amide bonds. The van der Waals surface area contributed by atoms with Gasteiger partial charge in [-0.3, -0.25) is 0 Å². The smallest absolute Gasteiger partial charge is 0.112 e. The molecule has 60 valence electrons. The summed E-state index contributed by atoms with van der Waals surface area (Å²) < 4.78 is 6.18. The topological polar surface area (TPSA) is 9.23 Å². The van der Waals surface area contributed by atoms with Gasteiger partial charge in [-0.1, -0.05) is 28.1 Å². The Balaban J connectivity index is 2.13. The van der Waals surface area contributed by atoms with Gasteiger partial charge in [0, 0.05) is 11.5 Å². The monoisotopic (exact) mass is 232 g/mol. The first-order valence-corrected chi connectivity index (χ1v) is 5.83. The van der Waals surface area contributed by atoms with Gasteiger partial charge >= 0.3 is 0 Å². The predicted octanol–water partition coefficient (Wildman–Crippen LogP) is 1.96. The highest BCUT2D eigenvalue weighted by Crippen LogP contribution is 2.57. The molecule has 3 aliphatic rings. The van der Waals surface area contributed by atoms with Crippen molar-refractivity contribution in [3.63, 3.8) is 0 Å². The van der Waals surface area contributed by atoms with E-state index in [-0.39, 0.29) is 9.93 Å². The molecule has 0 saturated carbocycles. The Kier molecular flexibility index (Phi) is 1.20. The van der Waals surface area contributed by atoms with Crippen LogP contribution in [0.2, 0.25) is 0 Å². The highest BCUT2D eigenvalue weighted by molar-refractivity contribution is 9.10. The van der Waals surface area contributed by atoms with Crippen LogP contribution in [0.15, 0.2) is 12.2 Å². The van der Waals surface area contributed by atoms with E-state index in [0.29, 0.717) is 6.10 Å². The lowest BCUT2D eigenvalue weighted by atomic mass is 9.86. The summed E-state index contributed by atoms with van der Waals surface area (Å²) in [5.74, 6) is 2.33. The molecule has 1 spiro atoms. The summed E-state index contributed by atoms with van der Waals surface area (Å²) in [6.45, 7) is 0. The van der Waals surface area contributed by atoms with E-state index < -0.39 is 0 Å². The summed E-state index contributed by atoms with van der Waals surface area (Å²) >= 11 is 5.82. The van der Waals surface area contributed by atoms with E-state index in [9.17, 15) is 0 Å². The van der Waals surface area contributed by atoms with Gasteiger partial charge in [0.05, 0.1) is 10.4 Å². The van der Waals surface area contributed by atoms with Gasteiger partial charge in [0.15, 0.2) is 0 Å². The van der Waals surface area contributed by atoms with Crippen molar-refractivity contribution in [2.45, 2.75) is 22.5 Å². The molecule has 11 heavy (non-hydrogen) atoms. The number of rotatable bonds is 0. The molecule has 0 aliphatic carbocycles. The summed E-state index contributed by atoms with van der Waals surface area (Å²) in [4.78, 5) is 0. The van der Waals surface area contributed by atoms with Crippen LogP contribution in [0.4, 0.5) is 0 Å². The van der Waals surface area contributed by atoms with E-state index in [0.717, 1.165) is 12.2 Å². The van der Waals surface area contributed by atoms with Crippen molar-refractivity contribution in [3.05, 3.63) is 12.2 Å². The summed E-state index contributed by atoms with van der Waals surface area (Å²) in [6, 6.07) is 0. The van der Waals surface area contributed by atoms with Crippen LogP contribution in [0.25, 0.3) is 0 Å². The lowest BCUT2D eigenvalue weighted by Crippen LogP contribution is -2.43. The minimum absolute atomic E-state index is 0.0579. The second-order valence-corrected chi connectivity index (χ2v) is 6.07. The Bertz CT molecular complexity index is 242. The highest BCUT2D eigenvalue weighted by atomic mass is 79.9. The van der Waals surface area contributed by atoms with E-state index >= 15 is 0 Å². The normalized spacial score (nSPS) is 58.8. The van der Waals surface area contributed by atoms with Gasteiger partial charge in [-0.25, -0.2) is 0 Å². The van der Waals surface area contributed by atoms with Gasteiger partial charge in [0.25, 0.3) is 0 Å². The van der Waals surface area contributed by atoms with E-state index in [4.69, 9.17) is 4.74 Å². The molecule has 2 fully saturated rings. The van der Waals surface area contributed by atoms with Crippen molar-refractivity contribution < 1.29 is 4.74 Å². The molecule has 2 saturated heterocycles. The largest absolute Gasteiger partial charge is 0.361 e. The van der Waals surface area contributed by atoms with E-state index in [2.05, 4.69) is 28.1 Å². The van der Waals surface area contributed by atoms with Crippen molar-refractivity contribution in [1.29, 1.82) is 0 Å². The van der Waals surface area contributed by atoms with Crippen molar-refractivity contribution in [3.8, 4) is 0 Å². The van der Waals surface area contributed by atoms with Crippen LogP contribution in [0, 0.1) is 0 Å². The Morgan fingerprint density at radius 2 is 2.45 bits per heavy atom. The van der Waals surface area contributed by atoms with Gasteiger partial charge in [-0.2, -0.15) is 11.8 Å². The molecule has 0 aromatic carbocycles. The molecule has 3 heteroatoms. The molecule has 2 bridgehead atoms. The van der Waals surface area contributed by atoms with Crippen LogP contribution in [0.5, 0.6) is 0 Å². The van der Waals surface area contributed by atoms with Crippen molar-refractivity contribution in [2.24, 2.45) is 0 Å². The third-order valence-electron chi connectivity index (χ3n) is 2.87. The van der Waals surface area contributed by atoms with Crippen LogP contribution >= 0.6 is 27.7 Å². The summed E-state index contributed by atoms with van der Waals surface area (Å²) in [5.41, 5.74) is 0.0579. The number of hydrogen-bond donors (Lipinski definition) is 0. The molecular weight excluding hydrogens is 224 g/mol. The maximum absolute atomic E-state index is 5.91. The number of halogens is 1. The fourth-order valence-electron chi connectivity index (χ4n) is 2.22. The number of ether oxygens (including phenoxy) is 1. The van der Waals surface area contributed by atoms with Gasteiger partial charge in [-0.05, 0) is 6.42 Å². The van der Waals surface area contributed by atoms with Crippen molar-refractivity contribution in [2.75, 3.05) is 11.5 Å². The zero-order valence-electron chi connectivity index (χ0n) is 6.05. The fraction of sp³-hybridized carbons (Fsp3) is 0.750. The van der Waals surface area contributed by atoms with Crippen LogP contribution in [0.3, 0.4) is 0 Å². The minimum Gasteiger partial charge on any atom is -0.361 e. The molecule has 3 atom stereocenters. The second-order valence-electron chi connectivity index (χ2n) is 3.57. The molecule has 0 N–H and O–H groups in total. The van der Waals surface area contributed by atoms with Gasteiger partial charge < -0.3 is 4.74 Å². The minimum atomic E-state index is 0.0579. The first kappa shape index (κ1) is 6.98. The Labute approximate surface area is 78.7 Å². The van der Waals surface area contributed by atoms with E-state index in [1.807, 2.05) is 11.8 Å². The van der Waals surface area contributed by atoms with Gasteiger partial charge in [0.1, 0.15) is 5.60 Å². The van der Waals surface area contributed by atoms with Crippen LogP contribution in [0.1, 0.15) is 6.42 Å². The lowest BCUT2D eigenvalue weighted by Gasteiger charge is -2.29. The Morgan fingerprint density at radius 3 is 3.18 bits per heavy atom. The molecular formula is C8H9BrOS. The maximum Gasteiger partial charge on any atom is 0.112 e. The standard InChI is InChI=1S/C8H9BrOS/c9-7-3-6-1-2-8(7,10-6)5-11-4-7/h1-2,6H,3-5H2/t6-,7-,8-/m0/s1. The SMILES string of the molecule is Br[C@@]12CSC[C@@]13C=C[C@@H](C2)O3. The number of fused-ring (bicyclic) bond motifs is 1. The molecule has 3 heterocycles. The van der Waals surface area contributed by atoms with Crippen LogP contribution in [-0.4, -0.2) is 27.5 Å². The molecule has 0 aromatic heterocycles. The van der Waals surface area contributed by atoms with Crippen molar-refractivity contribution in [1.82, 2.24) is 0 Å². The fourth-order valence-corrected chi connectivity index (χ4v) is 5.11. The first-order chi connectivity index (χ1) is 5.24. The quantitative estimate of drug-likeness (QED) is 0.467. The highest BCUT2D eigenvalue weighted by Gasteiger charge is 2.62. The lowest BCUT2D eigenvalue weighted by molar-refractivity contribution is 0.0458. The summed E-state index contributed by atoms with van der Waals surface area (Å²) in [5, 5.41) is 0. The van der Waals surface area contributed by atoms with Crippen LogP contribution in [-0.2, 0) is 4.74 Å². The number of hydrogen-bond acceptors (Lipinski definition) is 2. The summed E-state index contributed by atoms with van der Waals surface area (Å²) in [6.07, 6.45) is 6.04. The average molecular weight is 233 g/mol. The van der Waals surface area contributed by atoms with Crippen molar-refractivity contribution >= 4 is 27.7 Å². The second kappa shape index (κ2) is 1.88. The predicted molar refractivity (Wildman–Crippen MR) is 50.3 cm³/mol. The zero-order valence-corrected chi connectivity index (χ0v) is 8.45. The molecule has 0 radical (unpaired) electrons. The maximum atomic E-state index is 5.91. The zero-order chi connectivity index (χ0) is 7.53. The molecule has 0 aromatic rings. The van der Waals surface area contributed by atoms with Crippen LogP contribution < -0.4 is 0 Å². The third-order valence-corrected chi connectivity index (χ3v) is 5.85. The average Bonchev–Trinajstić information content (AvgIpc) is 2.49. The van der Waals surface area contributed by atoms with E-state index in [1.165, 1.54) is 5.75 Å². The Morgan fingerprint density at radius 1 is 1.55 bits per heavy atom. The molecule has 1 nitrogen and oxygen atoms in total. The Hall–Kier alpha value is 0.530. The third kappa shape index (κ3) is 0.681. The number of thioether (sulfide) groups is 1. The van der Waals surface area contributed by atoms with E-state index in [1.54, 1.807) is 0 Å². The molecule has 0 unspecified atom stereocenters.